The minimum absolute atomic E-state index is 0.756. The molecule has 10 aromatic carbocycles. The van der Waals surface area contributed by atoms with E-state index in [1.807, 2.05) is 12.1 Å². The molecule has 0 aliphatic carbocycles. The van der Waals surface area contributed by atoms with Gasteiger partial charge in [-0.05, 0) is 95.9 Å². The SMILES string of the molecule is Nc1c(-c2ccccc2)cc(Nc2ccc(-c3ccc4c(-c5ccccc5)c5ccccc5c(-c5ccccc5)c4c3)cc2)c(-c2ccccc2)c1-c1ccccc1. The second-order valence-corrected chi connectivity index (χ2v) is 14.7. The molecule has 2 heteroatoms. The lowest BCUT2D eigenvalue weighted by Gasteiger charge is -2.22. The molecular formula is C56H40N2. The van der Waals surface area contributed by atoms with Gasteiger partial charge in [0.05, 0.1) is 0 Å². The predicted octanol–water partition coefficient (Wildman–Crippen LogP) is 15.3. The second kappa shape index (κ2) is 15.1. The van der Waals surface area contributed by atoms with Crippen LogP contribution in [0.5, 0.6) is 0 Å². The molecule has 0 heterocycles. The van der Waals surface area contributed by atoms with E-state index in [-0.39, 0.29) is 0 Å². The first-order valence-corrected chi connectivity index (χ1v) is 19.8. The third-order valence-corrected chi connectivity index (χ3v) is 11.2. The normalized spacial score (nSPS) is 11.2. The number of benzene rings is 10. The van der Waals surface area contributed by atoms with Gasteiger partial charge in [-0.15, -0.1) is 0 Å². The van der Waals surface area contributed by atoms with E-state index >= 15 is 0 Å². The molecule has 0 atom stereocenters. The summed E-state index contributed by atoms with van der Waals surface area (Å²) in [4.78, 5) is 0. The zero-order valence-electron chi connectivity index (χ0n) is 31.9. The molecule has 0 unspecified atom stereocenters. The Kier molecular flexibility index (Phi) is 9.06. The molecule has 3 N–H and O–H groups in total. The average molecular weight is 741 g/mol. The predicted molar refractivity (Wildman–Crippen MR) is 248 cm³/mol. The van der Waals surface area contributed by atoms with Gasteiger partial charge in [-0.1, -0.05) is 200 Å². The maximum absolute atomic E-state index is 7.16. The minimum Gasteiger partial charge on any atom is -0.398 e. The molecule has 58 heavy (non-hydrogen) atoms. The summed E-state index contributed by atoms with van der Waals surface area (Å²) < 4.78 is 0. The van der Waals surface area contributed by atoms with Crippen molar-refractivity contribution in [1.82, 2.24) is 0 Å². The van der Waals surface area contributed by atoms with Crippen molar-refractivity contribution in [2.75, 3.05) is 11.1 Å². The summed E-state index contributed by atoms with van der Waals surface area (Å²) in [6.45, 7) is 0. The Labute approximate surface area is 339 Å². The number of nitrogen functional groups attached to an aromatic ring is 1. The van der Waals surface area contributed by atoms with Gasteiger partial charge in [0.25, 0.3) is 0 Å². The molecule has 0 aliphatic heterocycles. The first-order valence-electron chi connectivity index (χ1n) is 19.8. The maximum atomic E-state index is 7.16. The van der Waals surface area contributed by atoms with Gasteiger partial charge in [-0.25, -0.2) is 0 Å². The molecule has 10 aromatic rings. The van der Waals surface area contributed by atoms with Crippen LogP contribution in [0.2, 0.25) is 0 Å². The van der Waals surface area contributed by atoms with E-state index < -0.39 is 0 Å². The first-order chi connectivity index (χ1) is 28.7. The van der Waals surface area contributed by atoms with Crippen molar-refractivity contribution in [3.8, 4) is 66.8 Å². The van der Waals surface area contributed by atoms with Crippen molar-refractivity contribution >= 4 is 38.6 Å². The van der Waals surface area contributed by atoms with E-state index in [2.05, 4.69) is 218 Å². The summed E-state index contributed by atoms with van der Waals surface area (Å²) in [5.41, 5.74) is 23.5. The number of anilines is 3. The molecule has 10 rings (SSSR count). The van der Waals surface area contributed by atoms with Crippen LogP contribution in [0.25, 0.3) is 88.3 Å². The molecule has 0 aromatic heterocycles. The van der Waals surface area contributed by atoms with E-state index in [1.54, 1.807) is 0 Å². The van der Waals surface area contributed by atoms with E-state index in [9.17, 15) is 0 Å². The molecule has 0 bridgehead atoms. The Morgan fingerprint density at radius 2 is 0.672 bits per heavy atom. The van der Waals surface area contributed by atoms with Gasteiger partial charge in [-0.2, -0.15) is 0 Å². The number of nitrogens with two attached hydrogens (primary N) is 1. The third-order valence-electron chi connectivity index (χ3n) is 11.2. The zero-order chi connectivity index (χ0) is 38.8. The summed E-state index contributed by atoms with van der Waals surface area (Å²) in [5, 5.41) is 8.83. The quantitative estimate of drug-likeness (QED) is 0.120. The van der Waals surface area contributed by atoms with Crippen LogP contribution in [0.3, 0.4) is 0 Å². The zero-order valence-corrected chi connectivity index (χ0v) is 31.9. The molecular weight excluding hydrogens is 701 g/mol. The fourth-order valence-electron chi connectivity index (χ4n) is 8.55. The van der Waals surface area contributed by atoms with Crippen molar-refractivity contribution in [3.63, 3.8) is 0 Å². The van der Waals surface area contributed by atoms with Crippen molar-refractivity contribution in [1.29, 1.82) is 0 Å². The molecule has 0 saturated carbocycles. The average Bonchev–Trinajstić information content (AvgIpc) is 3.30. The summed E-state index contributed by atoms with van der Waals surface area (Å²) in [5.74, 6) is 0. The van der Waals surface area contributed by atoms with E-state index in [4.69, 9.17) is 5.73 Å². The maximum Gasteiger partial charge on any atom is 0.0481 e. The lowest BCUT2D eigenvalue weighted by Crippen LogP contribution is -2.02. The molecule has 0 aliphatic rings. The van der Waals surface area contributed by atoms with Crippen molar-refractivity contribution in [2.24, 2.45) is 0 Å². The summed E-state index contributed by atoms with van der Waals surface area (Å²) in [6, 6.07) is 79.9. The van der Waals surface area contributed by atoms with Crippen LogP contribution in [0.1, 0.15) is 0 Å². The molecule has 0 saturated heterocycles. The topological polar surface area (TPSA) is 38.0 Å². The standard InChI is InChI=1S/C56H40N2/c57-56-49(39-18-6-1-7-19-39)37-51(54(42-24-12-4-13-25-42)55(56)43-26-14-5-15-27-43)58-45-33-30-38(31-34-45)44-32-35-48-50(36-44)53(41-22-10-3-11-23-41)47-29-17-16-28-46(47)52(48)40-20-8-2-9-21-40/h1-37,58H,57H2. The fourth-order valence-corrected chi connectivity index (χ4v) is 8.55. The number of rotatable bonds is 8. The Morgan fingerprint density at radius 1 is 0.276 bits per heavy atom. The molecule has 0 spiro atoms. The number of nitrogens with one attached hydrogen (secondary N) is 1. The highest BCUT2D eigenvalue weighted by atomic mass is 14.9. The molecule has 274 valence electrons. The highest BCUT2D eigenvalue weighted by Gasteiger charge is 2.21. The summed E-state index contributed by atoms with van der Waals surface area (Å²) >= 11 is 0. The Hall–Kier alpha value is -7.68. The van der Waals surface area contributed by atoms with Gasteiger partial charge < -0.3 is 11.1 Å². The van der Waals surface area contributed by atoms with Crippen LogP contribution in [-0.4, -0.2) is 0 Å². The molecule has 0 fully saturated rings. The van der Waals surface area contributed by atoms with Gasteiger partial charge >= 0.3 is 0 Å². The lowest BCUT2D eigenvalue weighted by molar-refractivity contribution is 1.51. The van der Waals surface area contributed by atoms with E-state index in [1.165, 1.54) is 49.4 Å². The smallest absolute Gasteiger partial charge is 0.0481 e. The van der Waals surface area contributed by atoms with Crippen LogP contribution in [0.15, 0.2) is 224 Å². The second-order valence-electron chi connectivity index (χ2n) is 14.7. The largest absolute Gasteiger partial charge is 0.398 e. The van der Waals surface area contributed by atoms with E-state index in [0.717, 1.165) is 56.0 Å². The summed E-state index contributed by atoms with van der Waals surface area (Å²) in [7, 11) is 0. The van der Waals surface area contributed by atoms with Crippen LogP contribution in [0, 0.1) is 0 Å². The molecule has 0 amide bonds. The van der Waals surface area contributed by atoms with Crippen LogP contribution in [-0.2, 0) is 0 Å². The van der Waals surface area contributed by atoms with Gasteiger partial charge in [0.15, 0.2) is 0 Å². The monoisotopic (exact) mass is 740 g/mol. The molecule has 0 radical (unpaired) electrons. The minimum atomic E-state index is 0.756. The van der Waals surface area contributed by atoms with Crippen molar-refractivity contribution < 1.29 is 0 Å². The van der Waals surface area contributed by atoms with Gasteiger partial charge in [0.1, 0.15) is 0 Å². The fraction of sp³-hybridized carbons (Fsp3) is 0. The highest BCUT2D eigenvalue weighted by molar-refractivity contribution is 6.22. The number of hydrogen-bond donors (Lipinski definition) is 2. The van der Waals surface area contributed by atoms with E-state index in [0.29, 0.717) is 0 Å². The van der Waals surface area contributed by atoms with Gasteiger partial charge in [0.2, 0.25) is 0 Å². The molecule has 2 nitrogen and oxygen atoms in total. The Balaban J connectivity index is 1.11. The first kappa shape index (κ1) is 34.8. The van der Waals surface area contributed by atoms with Crippen molar-refractivity contribution in [2.45, 2.75) is 0 Å². The van der Waals surface area contributed by atoms with Gasteiger partial charge in [0, 0.05) is 33.8 Å². The van der Waals surface area contributed by atoms with Crippen molar-refractivity contribution in [3.05, 3.63) is 224 Å². The Bertz CT molecular complexity index is 3030. The lowest BCUT2D eigenvalue weighted by atomic mass is 9.85. The van der Waals surface area contributed by atoms with Crippen LogP contribution >= 0.6 is 0 Å². The van der Waals surface area contributed by atoms with Gasteiger partial charge in [-0.3, -0.25) is 0 Å². The third kappa shape index (κ3) is 6.37. The van der Waals surface area contributed by atoms with Crippen LogP contribution < -0.4 is 11.1 Å². The Morgan fingerprint density at radius 3 is 1.19 bits per heavy atom. The highest BCUT2D eigenvalue weighted by Crippen LogP contribution is 2.48. The number of fused-ring (bicyclic) bond motifs is 2. The van der Waals surface area contributed by atoms with Crippen LogP contribution in [0.4, 0.5) is 17.1 Å². The summed E-state index contributed by atoms with van der Waals surface area (Å²) in [6.07, 6.45) is 0. The number of hydrogen-bond acceptors (Lipinski definition) is 2.